The van der Waals surface area contributed by atoms with Crippen molar-refractivity contribution in [2.45, 2.75) is 23.8 Å². The molecule has 0 bridgehead atoms. The molecule has 1 aromatic rings. The number of nitrogens with zero attached hydrogens (tertiary/aromatic N) is 1. The molecule has 16 heavy (non-hydrogen) atoms. The fraction of sp³-hybridized carbons (Fsp3) is 0.545. The van der Waals surface area contributed by atoms with Gasteiger partial charge in [0.05, 0.1) is 0 Å². The van der Waals surface area contributed by atoms with Crippen molar-refractivity contribution >= 4 is 33.5 Å². The maximum absolute atomic E-state index is 5.86. The molecule has 2 heterocycles. The third-order valence-corrected chi connectivity index (χ3v) is 4.48. The first-order valence-corrected chi connectivity index (χ1v) is 7.20. The Morgan fingerprint density at radius 1 is 1.44 bits per heavy atom. The SMILES string of the molecule is Nc1nc(Br)ccc1CSC1CCOCC1. The van der Waals surface area contributed by atoms with E-state index < -0.39 is 0 Å². The van der Waals surface area contributed by atoms with Crippen LogP contribution < -0.4 is 5.73 Å². The van der Waals surface area contributed by atoms with Gasteiger partial charge < -0.3 is 10.5 Å². The van der Waals surface area contributed by atoms with Crippen molar-refractivity contribution in [1.29, 1.82) is 0 Å². The van der Waals surface area contributed by atoms with Crippen LogP contribution in [-0.4, -0.2) is 23.4 Å². The normalized spacial score (nSPS) is 17.6. The maximum Gasteiger partial charge on any atom is 0.128 e. The van der Waals surface area contributed by atoms with Crippen LogP contribution in [0.15, 0.2) is 16.7 Å². The van der Waals surface area contributed by atoms with Crippen LogP contribution in [0.4, 0.5) is 5.82 Å². The predicted molar refractivity (Wildman–Crippen MR) is 71.5 cm³/mol. The van der Waals surface area contributed by atoms with E-state index in [2.05, 4.69) is 20.9 Å². The van der Waals surface area contributed by atoms with Gasteiger partial charge in [-0.25, -0.2) is 4.98 Å². The molecule has 0 unspecified atom stereocenters. The van der Waals surface area contributed by atoms with Crippen LogP contribution in [-0.2, 0) is 10.5 Å². The lowest BCUT2D eigenvalue weighted by molar-refractivity contribution is 0.1000. The summed E-state index contributed by atoms with van der Waals surface area (Å²) in [5.74, 6) is 1.57. The van der Waals surface area contributed by atoms with E-state index >= 15 is 0 Å². The molecule has 0 aromatic carbocycles. The number of pyridine rings is 1. The van der Waals surface area contributed by atoms with Gasteiger partial charge in [-0.1, -0.05) is 6.07 Å². The number of thioether (sulfide) groups is 1. The molecule has 0 aliphatic carbocycles. The fourth-order valence-corrected chi connectivity index (χ4v) is 3.16. The molecular weight excluding hydrogens is 288 g/mol. The molecule has 1 saturated heterocycles. The largest absolute Gasteiger partial charge is 0.383 e. The molecular formula is C11H15BrN2OS. The number of anilines is 1. The molecule has 0 atom stereocenters. The van der Waals surface area contributed by atoms with Gasteiger partial charge in [-0.3, -0.25) is 0 Å². The van der Waals surface area contributed by atoms with E-state index in [1.807, 2.05) is 23.9 Å². The van der Waals surface area contributed by atoms with E-state index in [1.165, 1.54) is 0 Å². The van der Waals surface area contributed by atoms with Crippen molar-refractivity contribution in [1.82, 2.24) is 4.98 Å². The average molecular weight is 303 g/mol. The topological polar surface area (TPSA) is 48.1 Å². The van der Waals surface area contributed by atoms with E-state index in [-0.39, 0.29) is 0 Å². The molecule has 1 aliphatic rings. The fourth-order valence-electron chi connectivity index (χ4n) is 1.65. The molecule has 0 spiro atoms. The summed E-state index contributed by atoms with van der Waals surface area (Å²) in [7, 11) is 0. The third-order valence-electron chi connectivity index (χ3n) is 2.62. The highest BCUT2D eigenvalue weighted by Crippen LogP contribution is 2.27. The molecule has 88 valence electrons. The van der Waals surface area contributed by atoms with Crippen LogP contribution in [0, 0.1) is 0 Å². The summed E-state index contributed by atoms with van der Waals surface area (Å²) in [6.45, 7) is 1.79. The van der Waals surface area contributed by atoms with Crippen molar-refractivity contribution in [2.75, 3.05) is 18.9 Å². The molecule has 0 radical (unpaired) electrons. The lowest BCUT2D eigenvalue weighted by atomic mass is 10.2. The van der Waals surface area contributed by atoms with E-state index in [9.17, 15) is 0 Å². The third kappa shape index (κ3) is 3.37. The van der Waals surface area contributed by atoms with Crippen LogP contribution in [0.1, 0.15) is 18.4 Å². The highest BCUT2D eigenvalue weighted by Gasteiger charge is 2.14. The van der Waals surface area contributed by atoms with Crippen LogP contribution in [0.3, 0.4) is 0 Å². The standard InChI is InChI=1S/C11H15BrN2OS/c12-10-2-1-8(11(13)14-10)7-16-9-3-5-15-6-4-9/h1-2,9H,3-7H2,(H2,13,14). The van der Waals surface area contributed by atoms with Crippen LogP contribution >= 0.6 is 27.7 Å². The second kappa shape index (κ2) is 5.89. The average Bonchev–Trinajstić information content (AvgIpc) is 2.29. The molecule has 1 aromatic heterocycles. The Hall–Kier alpha value is -0.260. The number of ether oxygens (including phenoxy) is 1. The first kappa shape index (κ1) is 12.2. The monoisotopic (exact) mass is 302 g/mol. The minimum Gasteiger partial charge on any atom is -0.383 e. The molecule has 3 nitrogen and oxygen atoms in total. The zero-order valence-corrected chi connectivity index (χ0v) is 11.4. The van der Waals surface area contributed by atoms with Crippen molar-refractivity contribution in [2.24, 2.45) is 0 Å². The van der Waals surface area contributed by atoms with E-state index in [1.54, 1.807) is 0 Å². The lowest BCUT2D eigenvalue weighted by Gasteiger charge is -2.21. The number of rotatable bonds is 3. The van der Waals surface area contributed by atoms with Crippen molar-refractivity contribution in [3.8, 4) is 0 Å². The van der Waals surface area contributed by atoms with Crippen LogP contribution in [0.25, 0.3) is 0 Å². The first-order chi connectivity index (χ1) is 7.75. The van der Waals surface area contributed by atoms with Gasteiger partial charge in [0.15, 0.2) is 0 Å². The Bertz CT molecular complexity index is 356. The van der Waals surface area contributed by atoms with Crippen LogP contribution in [0.2, 0.25) is 0 Å². The lowest BCUT2D eigenvalue weighted by Crippen LogP contribution is -2.17. The van der Waals surface area contributed by atoms with Gasteiger partial charge >= 0.3 is 0 Å². The highest BCUT2D eigenvalue weighted by atomic mass is 79.9. The highest BCUT2D eigenvalue weighted by molar-refractivity contribution is 9.10. The molecule has 5 heteroatoms. The van der Waals surface area contributed by atoms with E-state index in [4.69, 9.17) is 10.5 Å². The minimum atomic E-state index is 0.633. The Balaban J connectivity index is 1.88. The van der Waals surface area contributed by atoms with E-state index in [0.717, 1.165) is 42.0 Å². The van der Waals surface area contributed by atoms with Gasteiger partial charge in [-0.2, -0.15) is 11.8 Å². The zero-order valence-electron chi connectivity index (χ0n) is 8.99. The Labute approximate surface area is 108 Å². The number of nitrogens with two attached hydrogens (primary N) is 1. The smallest absolute Gasteiger partial charge is 0.128 e. The maximum atomic E-state index is 5.86. The number of hydrogen-bond acceptors (Lipinski definition) is 4. The number of halogens is 1. The predicted octanol–water partition coefficient (Wildman–Crippen LogP) is 2.84. The number of nitrogen functional groups attached to an aromatic ring is 1. The van der Waals surface area contributed by atoms with E-state index in [0.29, 0.717) is 11.1 Å². The van der Waals surface area contributed by atoms with Gasteiger partial charge in [0, 0.05) is 29.8 Å². The van der Waals surface area contributed by atoms with Gasteiger partial charge in [0.1, 0.15) is 10.4 Å². The molecule has 0 saturated carbocycles. The summed E-state index contributed by atoms with van der Waals surface area (Å²) in [5.41, 5.74) is 6.98. The first-order valence-electron chi connectivity index (χ1n) is 5.36. The Kier molecular flexibility index (Phi) is 4.49. The summed E-state index contributed by atoms with van der Waals surface area (Å²) >= 11 is 5.26. The van der Waals surface area contributed by atoms with Gasteiger partial charge in [0.25, 0.3) is 0 Å². The molecule has 1 fully saturated rings. The van der Waals surface area contributed by atoms with Crippen molar-refractivity contribution in [3.63, 3.8) is 0 Å². The summed E-state index contributed by atoms with van der Waals surface area (Å²) < 4.78 is 6.13. The molecule has 2 N–H and O–H groups in total. The molecule has 1 aliphatic heterocycles. The minimum absolute atomic E-state index is 0.633. The zero-order chi connectivity index (χ0) is 11.4. The summed E-state index contributed by atoms with van der Waals surface area (Å²) in [4.78, 5) is 4.19. The quantitative estimate of drug-likeness (QED) is 0.872. The summed E-state index contributed by atoms with van der Waals surface area (Å²) in [6.07, 6.45) is 2.29. The van der Waals surface area contributed by atoms with Gasteiger partial charge in [0.2, 0.25) is 0 Å². The van der Waals surface area contributed by atoms with Crippen molar-refractivity contribution < 1.29 is 4.74 Å². The summed E-state index contributed by atoms with van der Waals surface area (Å²) in [5, 5.41) is 0.705. The van der Waals surface area contributed by atoms with Crippen LogP contribution in [0.5, 0.6) is 0 Å². The number of aromatic nitrogens is 1. The Morgan fingerprint density at radius 3 is 2.88 bits per heavy atom. The molecule has 2 rings (SSSR count). The second-order valence-electron chi connectivity index (χ2n) is 3.80. The van der Waals surface area contributed by atoms with Gasteiger partial charge in [-0.15, -0.1) is 0 Å². The molecule has 0 amide bonds. The second-order valence-corrected chi connectivity index (χ2v) is 5.90. The van der Waals surface area contributed by atoms with Crippen molar-refractivity contribution in [3.05, 3.63) is 22.3 Å². The van der Waals surface area contributed by atoms with Gasteiger partial charge in [-0.05, 0) is 34.8 Å². The number of hydrogen-bond donors (Lipinski definition) is 1. The Morgan fingerprint density at radius 2 is 2.19 bits per heavy atom. The summed E-state index contributed by atoms with van der Waals surface area (Å²) in [6, 6.07) is 3.98.